The number of benzene rings is 2. The zero-order valence-electron chi connectivity index (χ0n) is 16.0. The van der Waals surface area contributed by atoms with E-state index in [1.165, 1.54) is 34.9 Å². The summed E-state index contributed by atoms with van der Waals surface area (Å²) >= 11 is 0. The number of carbonyl (C=O) groups is 1. The molecule has 1 amide bonds. The van der Waals surface area contributed by atoms with Crippen LogP contribution >= 0.6 is 0 Å². The van der Waals surface area contributed by atoms with Crippen LogP contribution in [0.5, 0.6) is 0 Å². The normalized spacial score (nSPS) is 11.3. The third-order valence-electron chi connectivity index (χ3n) is 4.55. The molecule has 8 heteroatoms. The second-order valence-corrected chi connectivity index (χ2v) is 8.37. The first-order valence-corrected chi connectivity index (χ1v) is 10.4. The first-order chi connectivity index (χ1) is 13.6. The summed E-state index contributed by atoms with van der Waals surface area (Å²) in [5.74, 6) is -0.575. The van der Waals surface area contributed by atoms with Gasteiger partial charge in [-0.05, 0) is 61.4 Å². The zero-order valence-corrected chi connectivity index (χ0v) is 16.9. The number of anilines is 1. The number of rotatable bonds is 5. The molecule has 7 nitrogen and oxygen atoms in total. The second-order valence-electron chi connectivity index (χ2n) is 6.81. The Morgan fingerprint density at radius 2 is 1.76 bits per heavy atom. The Balaban J connectivity index is 1.84. The number of pyridine rings is 1. The van der Waals surface area contributed by atoms with Crippen molar-refractivity contribution in [3.05, 3.63) is 93.4 Å². The molecule has 0 bridgehead atoms. The fourth-order valence-corrected chi connectivity index (χ4v) is 3.43. The average molecular weight is 411 g/mol. The molecule has 3 rings (SSSR count). The summed E-state index contributed by atoms with van der Waals surface area (Å²) < 4.78 is 24.1. The summed E-state index contributed by atoms with van der Waals surface area (Å²) in [5, 5.41) is 7.66. The minimum absolute atomic E-state index is 0.00618. The Hall–Kier alpha value is -3.23. The number of carbonyl (C=O) groups excluding carboxylic acids is 1. The van der Waals surface area contributed by atoms with Crippen LogP contribution in [0.25, 0.3) is 0 Å². The molecule has 0 unspecified atom stereocenters. The molecule has 0 spiro atoms. The molecular weight excluding hydrogens is 390 g/mol. The number of aromatic nitrogens is 1. The number of amides is 1. The van der Waals surface area contributed by atoms with E-state index >= 15 is 0 Å². The number of aryl methyl sites for hydroxylation is 2. The van der Waals surface area contributed by atoms with E-state index in [2.05, 4.69) is 5.32 Å². The van der Waals surface area contributed by atoms with Gasteiger partial charge in [0, 0.05) is 11.9 Å². The summed E-state index contributed by atoms with van der Waals surface area (Å²) in [6.07, 6.45) is 1.64. The Morgan fingerprint density at radius 1 is 1.07 bits per heavy atom. The fourth-order valence-electron chi connectivity index (χ4n) is 2.91. The van der Waals surface area contributed by atoms with Crippen LogP contribution in [-0.2, 0) is 16.6 Å². The van der Waals surface area contributed by atoms with Gasteiger partial charge in [0.25, 0.3) is 11.5 Å². The van der Waals surface area contributed by atoms with E-state index in [1.807, 2.05) is 32.0 Å². The number of primary sulfonamides is 1. The molecule has 1 aromatic heterocycles. The van der Waals surface area contributed by atoms with Gasteiger partial charge < -0.3 is 9.88 Å². The quantitative estimate of drug-likeness (QED) is 0.671. The average Bonchev–Trinajstić information content (AvgIpc) is 2.66. The van der Waals surface area contributed by atoms with Crippen LogP contribution in [-0.4, -0.2) is 18.9 Å². The highest BCUT2D eigenvalue weighted by Gasteiger charge is 2.14. The van der Waals surface area contributed by atoms with Crippen molar-refractivity contribution in [1.82, 2.24) is 4.57 Å². The van der Waals surface area contributed by atoms with Crippen molar-refractivity contribution in [1.29, 1.82) is 0 Å². The van der Waals surface area contributed by atoms with E-state index in [0.717, 1.165) is 16.7 Å². The number of hydrogen-bond acceptors (Lipinski definition) is 4. The number of sulfonamides is 1. The van der Waals surface area contributed by atoms with Crippen molar-refractivity contribution >= 4 is 21.6 Å². The fraction of sp³-hybridized carbons (Fsp3) is 0.143. The first-order valence-electron chi connectivity index (χ1n) is 8.85. The van der Waals surface area contributed by atoms with Crippen LogP contribution in [0.1, 0.15) is 27.0 Å². The molecule has 150 valence electrons. The third kappa shape index (κ3) is 4.79. The maximum Gasteiger partial charge on any atom is 0.263 e. The second kappa shape index (κ2) is 8.02. The van der Waals surface area contributed by atoms with E-state index in [1.54, 1.807) is 12.3 Å². The van der Waals surface area contributed by atoms with Crippen molar-refractivity contribution < 1.29 is 13.2 Å². The van der Waals surface area contributed by atoms with Gasteiger partial charge in [0.15, 0.2) is 0 Å². The summed E-state index contributed by atoms with van der Waals surface area (Å²) in [6.45, 7) is 4.31. The molecular formula is C21H21N3O4S. The molecule has 2 aromatic carbocycles. The number of nitrogens with zero attached hydrogens (tertiary/aromatic N) is 1. The van der Waals surface area contributed by atoms with Crippen molar-refractivity contribution in [2.24, 2.45) is 5.14 Å². The van der Waals surface area contributed by atoms with Gasteiger partial charge in [-0.1, -0.05) is 23.8 Å². The minimum atomic E-state index is -3.82. The van der Waals surface area contributed by atoms with Crippen molar-refractivity contribution in [2.45, 2.75) is 25.3 Å². The van der Waals surface area contributed by atoms with E-state index in [0.29, 0.717) is 12.2 Å². The molecule has 0 radical (unpaired) electrons. The summed E-state index contributed by atoms with van der Waals surface area (Å²) in [7, 11) is -3.82. The lowest BCUT2D eigenvalue weighted by Gasteiger charge is -2.11. The first kappa shape index (κ1) is 20.5. The van der Waals surface area contributed by atoms with Gasteiger partial charge in [-0.2, -0.15) is 0 Å². The molecule has 0 aliphatic carbocycles. The zero-order chi connectivity index (χ0) is 21.2. The highest BCUT2D eigenvalue weighted by Crippen LogP contribution is 2.14. The Kier molecular flexibility index (Phi) is 5.67. The van der Waals surface area contributed by atoms with Crippen molar-refractivity contribution in [3.8, 4) is 0 Å². The maximum atomic E-state index is 12.8. The smallest absolute Gasteiger partial charge is 0.263 e. The van der Waals surface area contributed by atoms with E-state index in [9.17, 15) is 18.0 Å². The summed E-state index contributed by atoms with van der Waals surface area (Å²) in [4.78, 5) is 25.3. The monoisotopic (exact) mass is 411 g/mol. The molecule has 0 aliphatic heterocycles. The highest BCUT2D eigenvalue weighted by molar-refractivity contribution is 7.89. The third-order valence-corrected chi connectivity index (χ3v) is 5.48. The SMILES string of the molecule is Cc1ccc(C)c(Cn2cccc(C(=O)Nc3ccc(S(N)(=O)=O)cc3)c2=O)c1. The molecule has 1 heterocycles. The standard InChI is InChI=1S/C21H21N3O4S/c1-14-5-6-15(2)16(12-14)13-24-11-3-4-19(21(24)26)20(25)23-17-7-9-18(10-8-17)29(22,27)28/h3-12H,13H2,1-2H3,(H,23,25)(H2,22,27,28). The van der Waals surface area contributed by atoms with E-state index in [4.69, 9.17) is 5.14 Å². The number of hydrogen-bond donors (Lipinski definition) is 2. The molecule has 0 fully saturated rings. The van der Waals surface area contributed by atoms with Gasteiger partial charge in [0.2, 0.25) is 10.0 Å². The largest absolute Gasteiger partial charge is 0.322 e. The van der Waals surface area contributed by atoms with Crippen molar-refractivity contribution in [3.63, 3.8) is 0 Å². The van der Waals surface area contributed by atoms with E-state index < -0.39 is 21.5 Å². The molecule has 0 saturated carbocycles. The predicted molar refractivity (Wildman–Crippen MR) is 111 cm³/mol. The molecule has 0 aliphatic rings. The maximum absolute atomic E-state index is 12.8. The highest BCUT2D eigenvalue weighted by atomic mass is 32.2. The van der Waals surface area contributed by atoms with Gasteiger partial charge >= 0.3 is 0 Å². The number of nitrogens with two attached hydrogens (primary N) is 1. The topological polar surface area (TPSA) is 111 Å². The molecule has 0 saturated heterocycles. The van der Waals surface area contributed by atoms with Crippen LogP contribution in [0.2, 0.25) is 0 Å². The predicted octanol–water partition coefficient (Wildman–Crippen LogP) is 2.41. The van der Waals surface area contributed by atoms with Crippen molar-refractivity contribution in [2.75, 3.05) is 5.32 Å². The van der Waals surface area contributed by atoms with Gasteiger partial charge in [-0.25, -0.2) is 13.6 Å². The van der Waals surface area contributed by atoms with Gasteiger partial charge in [-0.15, -0.1) is 0 Å². The molecule has 3 N–H and O–H groups in total. The lowest BCUT2D eigenvalue weighted by Crippen LogP contribution is -2.29. The minimum Gasteiger partial charge on any atom is -0.322 e. The molecule has 3 aromatic rings. The van der Waals surface area contributed by atoms with Gasteiger partial charge in [-0.3, -0.25) is 9.59 Å². The van der Waals surface area contributed by atoms with Crippen LogP contribution < -0.4 is 16.0 Å². The van der Waals surface area contributed by atoms with Crippen LogP contribution in [0.15, 0.2) is 70.5 Å². The van der Waals surface area contributed by atoms with E-state index in [-0.39, 0.29) is 10.5 Å². The van der Waals surface area contributed by atoms with Crippen LogP contribution in [0.4, 0.5) is 5.69 Å². The summed E-state index contributed by atoms with van der Waals surface area (Å²) in [6, 6.07) is 14.5. The lowest BCUT2D eigenvalue weighted by molar-refractivity contribution is 0.102. The van der Waals surface area contributed by atoms with Gasteiger partial charge in [0.05, 0.1) is 11.4 Å². The Bertz CT molecular complexity index is 1230. The molecule has 0 atom stereocenters. The molecule has 29 heavy (non-hydrogen) atoms. The van der Waals surface area contributed by atoms with Crippen LogP contribution in [0.3, 0.4) is 0 Å². The number of nitrogens with one attached hydrogen (secondary N) is 1. The Labute approximate surface area is 168 Å². The van der Waals surface area contributed by atoms with Gasteiger partial charge in [0.1, 0.15) is 5.56 Å². The summed E-state index contributed by atoms with van der Waals surface area (Å²) in [5.41, 5.74) is 3.10. The lowest BCUT2D eigenvalue weighted by atomic mass is 10.1. The Morgan fingerprint density at radius 3 is 2.41 bits per heavy atom. The van der Waals surface area contributed by atoms with Crippen LogP contribution in [0, 0.1) is 13.8 Å².